The third kappa shape index (κ3) is 2.84. The van der Waals surface area contributed by atoms with Crippen LogP contribution in [0.4, 0.5) is 0 Å². The van der Waals surface area contributed by atoms with Gasteiger partial charge in [-0.1, -0.05) is 25.8 Å². The molecule has 3 nitrogen and oxygen atoms in total. The van der Waals surface area contributed by atoms with Gasteiger partial charge in [0.2, 0.25) is 0 Å². The molecule has 1 aromatic carbocycles. The molecule has 0 saturated heterocycles. The Bertz CT molecular complexity index is 692. The number of allylic oxidation sites excluding steroid dienone is 2. The van der Waals surface area contributed by atoms with E-state index in [0.717, 1.165) is 35.1 Å². The number of hydrogen-bond donors (Lipinski definition) is 0. The molecule has 1 unspecified atom stereocenters. The van der Waals surface area contributed by atoms with Crippen LogP contribution in [0.5, 0.6) is 5.75 Å². The van der Waals surface area contributed by atoms with E-state index in [2.05, 4.69) is 28.9 Å². The van der Waals surface area contributed by atoms with E-state index in [1.807, 2.05) is 13.0 Å². The largest absolute Gasteiger partial charge is 0.466 e. The molecule has 0 fully saturated rings. The van der Waals surface area contributed by atoms with Gasteiger partial charge < -0.3 is 9.47 Å². The Morgan fingerprint density at radius 2 is 2.12 bits per heavy atom. The van der Waals surface area contributed by atoms with Gasteiger partial charge in [0, 0.05) is 18.9 Å². The minimum atomic E-state index is 0.0541. The molecule has 130 valence electrons. The number of unbranched alkanes of at least 4 members (excludes halogenated alkanes) is 1. The fourth-order valence-electron chi connectivity index (χ4n) is 4.30. The molecule has 0 spiro atoms. The van der Waals surface area contributed by atoms with Gasteiger partial charge in [-0.3, -0.25) is 4.79 Å². The minimum Gasteiger partial charge on any atom is -0.466 e. The summed E-state index contributed by atoms with van der Waals surface area (Å²) in [5, 5.41) is 0. The van der Waals surface area contributed by atoms with Crippen molar-refractivity contribution < 1.29 is 14.3 Å². The molecule has 2 aliphatic rings. The van der Waals surface area contributed by atoms with Crippen LogP contribution in [0, 0.1) is 5.41 Å². The second-order valence-corrected chi connectivity index (χ2v) is 7.73. The monoisotopic (exact) mass is 392 g/mol. The lowest BCUT2D eigenvalue weighted by molar-refractivity contribution is -0.116. The summed E-state index contributed by atoms with van der Waals surface area (Å²) < 4.78 is 11.7. The molecule has 0 radical (unpaired) electrons. The average molecular weight is 393 g/mol. The first kappa shape index (κ1) is 17.7. The zero-order chi connectivity index (χ0) is 17.3. The van der Waals surface area contributed by atoms with Crippen molar-refractivity contribution in [2.75, 3.05) is 13.9 Å². The van der Waals surface area contributed by atoms with Crippen LogP contribution < -0.4 is 4.74 Å². The second-order valence-electron chi connectivity index (χ2n) is 6.94. The van der Waals surface area contributed by atoms with Crippen LogP contribution in [0.1, 0.15) is 57.1 Å². The van der Waals surface area contributed by atoms with Crippen molar-refractivity contribution in [2.24, 2.45) is 5.41 Å². The van der Waals surface area contributed by atoms with E-state index in [4.69, 9.17) is 9.47 Å². The minimum absolute atomic E-state index is 0.0541. The van der Waals surface area contributed by atoms with Gasteiger partial charge in [-0.25, -0.2) is 0 Å². The summed E-state index contributed by atoms with van der Waals surface area (Å²) in [6.07, 6.45) is 6.17. The first-order valence-corrected chi connectivity index (χ1v) is 9.51. The molecule has 0 N–H and O–H groups in total. The number of hydrogen-bond acceptors (Lipinski definition) is 3. The molecule has 1 aromatic rings. The summed E-state index contributed by atoms with van der Waals surface area (Å²) in [5.74, 6) is 1.13. The summed E-state index contributed by atoms with van der Waals surface area (Å²) in [6.45, 7) is 4.46. The van der Waals surface area contributed by atoms with E-state index in [-0.39, 0.29) is 12.2 Å². The SMILES string of the molecule is CCCCC12CCc3c(ccc(OCOC)c3Br)C1=C(C)C(=O)C2. The first-order chi connectivity index (χ1) is 11.5. The maximum atomic E-state index is 12.5. The van der Waals surface area contributed by atoms with E-state index in [1.165, 1.54) is 29.5 Å². The zero-order valence-electron chi connectivity index (χ0n) is 14.7. The van der Waals surface area contributed by atoms with Crippen LogP contribution in [0.25, 0.3) is 5.57 Å². The summed E-state index contributed by atoms with van der Waals surface area (Å²) in [7, 11) is 1.62. The lowest BCUT2D eigenvalue weighted by atomic mass is 9.66. The number of Topliss-reactive ketones (excluding diaryl/α,β-unsaturated/α-hetero) is 1. The Morgan fingerprint density at radius 1 is 1.33 bits per heavy atom. The van der Waals surface area contributed by atoms with Crippen molar-refractivity contribution in [1.82, 2.24) is 0 Å². The molecule has 1 atom stereocenters. The van der Waals surface area contributed by atoms with E-state index in [0.29, 0.717) is 12.2 Å². The number of fused-ring (bicyclic) bond motifs is 3. The van der Waals surface area contributed by atoms with Crippen LogP contribution in [0.15, 0.2) is 22.2 Å². The number of benzene rings is 1. The van der Waals surface area contributed by atoms with E-state index < -0.39 is 0 Å². The lowest BCUT2D eigenvalue weighted by Gasteiger charge is -2.38. The quantitative estimate of drug-likeness (QED) is 0.616. The van der Waals surface area contributed by atoms with Gasteiger partial charge in [-0.05, 0) is 70.5 Å². The molecule has 0 saturated carbocycles. The summed E-state index contributed by atoms with van der Waals surface area (Å²) in [5.41, 5.74) is 4.81. The van der Waals surface area contributed by atoms with Gasteiger partial charge in [0.05, 0.1) is 4.47 Å². The first-order valence-electron chi connectivity index (χ1n) is 8.72. The van der Waals surface area contributed by atoms with Crippen LogP contribution in [-0.4, -0.2) is 19.7 Å². The Balaban J connectivity index is 2.06. The van der Waals surface area contributed by atoms with Crippen LogP contribution in [0.2, 0.25) is 0 Å². The summed E-state index contributed by atoms with van der Waals surface area (Å²) >= 11 is 3.71. The third-order valence-corrected chi connectivity index (χ3v) is 6.36. The number of rotatable bonds is 6. The highest BCUT2D eigenvalue weighted by Gasteiger charge is 2.46. The number of carbonyl (C=O) groups excluding carboxylic acids is 1. The van der Waals surface area contributed by atoms with Gasteiger partial charge in [0.15, 0.2) is 12.6 Å². The van der Waals surface area contributed by atoms with Gasteiger partial charge in [-0.15, -0.1) is 0 Å². The Labute approximate surface area is 152 Å². The molecule has 2 aliphatic carbocycles. The number of ether oxygens (including phenoxy) is 2. The molecular formula is C20H25BrO3. The highest BCUT2D eigenvalue weighted by atomic mass is 79.9. The fourth-order valence-corrected chi connectivity index (χ4v) is 4.96. The Morgan fingerprint density at radius 3 is 2.83 bits per heavy atom. The van der Waals surface area contributed by atoms with Crippen molar-refractivity contribution in [3.8, 4) is 5.75 Å². The van der Waals surface area contributed by atoms with Crippen LogP contribution in [0.3, 0.4) is 0 Å². The maximum absolute atomic E-state index is 12.5. The number of carbonyl (C=O) groups is 1. The smallest absolute Gasteiger partial charge is 0.188 e. The Kier molecular flexibility index (Phi) is 5.16. The van der Waals surface area contributed by atoms with Gasteiger partial charge in [-0.2, -0.15) is 0 Å². The molecule has 3 rings (SSSR count). The van der Waals surface area contributed by atoms with Gasteiger partial charge in [0.25, 0.3) is 0 Å². The van der Waals surface area contributed by atoms with E-state index in [9.17, 15) is 4.79 Å². The van der Waals surface area contributed by atoms with Crippen molar-refractivity contribution in [1.29, 1.82) is 0 Å². The van der Waals surface area contributed by atoms with Gasteiger partial charge >= 0.3 is 0 Å². The topological polar surface area (TPSA) is 35.5 Å². The third-order valence-electron chi connectivity index (χ3n) is 5.49. The van der Waals surface area contributed by atoms with Crippen molar-refractivity contribution in [2.45, 2.75) is 52.4 Å². The summed E-state index contributed by atoms with van der Waals surface area (Å²) in [4.78, 5) is 12.5. The highest BCUT2D eigenvalue weighted by molar-refractivity contribution is 9.10. The predicted octanol–water partition coefficient (Wildman–Crippen LogP) is 5.30. The number of ketones is 1. The summed E-state index contributed by atoms with van der Waals surface area (Å²) in [6, 6.07) is 4.11. The van der Waals surface area contributed by atoms with Crippen molar-refractivity contribution in [3.05, 3.63) is 33.3 Å². The number of methoxy groups -OCH3 is 1. The predicted molar refractivity (Wildman–Crippen MR) is 99.1 cm³/mol. The second kappa shape index (κ2) is 7.01. The lowest BCUT2D eigenvalue weighted by Crippen LogP contribution is -2.26. The van der Waals surface area contributed by atoms with E-state index >= 15 is 0 Å². The fraction of sp³-hybridized carbons (Fsp3) is 0.550. The van der Waals surface area contributed by atoms with Gasteiger partial charge in [0.1, 0.15) is 5.75 Å². The van der Waals surface area contributed by atoms with Crippen LogP contribution >= 0.6 is 15.9 Å². The Hall–Kier alpha value is -1.13. The van der Waals surface area contributed by atoms with Crippen molar-refractivity contribution in [3.63, 3.8) is 0 Å². The highest BCUT2D eigenvalue weighted by Crippen LogP contribution is 2.57. The zero-order valence-corrected chi connectivity index (χ0v) is 16.3. The maximum Gasteiger partial charge on any atom is 0.188 e. The molecule has 0 heterocycles. The molecule has 0 amide bonds. The molecular weight excluding hydrogens is 368 g/mol. The standard InChI is InChI=1S/C20H25BrO3/c1-4-5-9-20-10-8-15-14(18(20)13(2)16(22)11-20)6-7-17(19(15)21)24-12-23-3/h6-7H,4-5,8-12H2,1-3H3. The van der Waals surface area contributed by atoms with E-state index in [1.54, 1.807) is 7.11 Å². The molecule has 0 aliphatic heterocycles. The van der Waals surface area contributed by atoms with Crippen molar-refractivity contribution >= 4 is 27.3 Å². The molecule has 0 bridgehead atoms. The molecule has 4 heteroatoms. The van der Waals surface area contributed by atoms with Crippen LogP contribution in [-0.2, 0) is 16.0 Å². The average Bonchev–Trinajstić information content (AvgIpc) is 2.84. The molecule has 24 heavy (non-hydrogen) atoms. The molecule has 0 aromatic heterocycles. The number of halogens is 1. The normalized spacial score (nSPS) is 22.6.